The number of carbonyl (C=O) groups is 3. The summed E-state index contributed by atoms with van der Waals surface area (Å²) in [5.74, 6) is 0.836. The molecular formula is C46H49N3O7. The van der Waals surface area contributed by atoms with E-state index >= 15 is 0 Å². The molecule has 10 heteroatoms. The van der Waals surface area contributed by atoms with E-state index in [9.17, 15) is 14.4 Å². The van der Waals surface area contributed by atoms with Crippen LogP contribution in [0.5, 0.6) is 17.2 Å². The number of ether oxygens (including phenoxy) is 4. The standard InChI is InChI=1S/C46H49N3O7/c1-5-6-15-41(45(51)47-27-31-18-16-30(2)17-19-31)48-43(50)29-55-33-22-20-32(21-23-33)44(39-25-24-34(53-3)26-42(39)54-4)49-46(52)56-28-40-37-13-9-7-11-35(37)36-12-8-10-14-38(36)40/h7-14,16-26,40-41,44H,5-6,15,27-29H2,1-4H3,(H,47,51)(H,48,50)(H,49,52). The van der Waals surface area contributed by atoms with E-state index in [1.54, 1.807) is 38.5 Å². The maximum Gasteiger partial charge on any atom is 0.407 e. The van der Waals surface area contributed by atoms with E-state index in [0.717, 1.165) is 51.8 Å². The second kappa shape index (κ2) is 18.8. The molecular weight excluding hydrogens is 707 g/mol. The molecule has 0 aromatic heterocycles. The van der Waals surface area contributed by atoms with Gasteiger partial charge in [-0.25, -0.2) is 4.79 Å². The summed E-state index contributed by atoms with van der Waals surface area (Å²) in [4.78, 5) is 39.6. The minimum atomic E-state index is -0.678. The van der Waals surface area contributed by atoms with E-state index in [0.29, 0.717) is 35.8 Å². The predicted molar refractivity (Wildman–Crippen MR) is 216 cm³/mol. The number of hydrogen-bond acceptors (Lipinski definition) is 7. The molecule has 3 amide bonds. The second-order valence-corrected chi connectivity index (χ2v) is 13.8. The summed E-state index contributed by atoms with van der Waals surface area (Å²) in [7, 11) is 3.14. The molecule has 0 saturated heterocycles. The van der Waals surface area contributed by atoms with Crippen molar-refractivity contribution in [1.82, 2.24) is 16.0 Å². The first kappa shape index (κ1) is 39.4. The number of carbonyl (C=O) groups excluding carboxylic acids is 3. The van der Waals surface area contributed by atoms with E-state index in [-0.39, 0.29) is 25.0 Å². The van der Waals surface area contributed by atoms with Gasteiger partial charge in [0, 0.05) is 24.1 Å². The van der Waals surface area contributed by atoms with Crippen LogP contribution in [0.25, 0.3) is 11.1 Å². The Morgan fingerprint density at radius 3 is 2.05 bits per heavy atom. The molecule has 0 bridgehead atoms. The molecule has 56 heavy (non-hydrogen) atoms. The van der Waals surface area contributed by atoms with Crippen molar-refractivity contribution in [1.29, 1.82) is 0 Å². The van der Waals surface area contributed by atoms with Crippen LogP contribution in [0.2, 0.25) is 0 Å². The highest BCUT2D eigenvalue weighted by atomic mass is 16.5. The average molecular weight is 756 g/mol. The van der Waals surface area contributed by atoms with Crippen molar-refractivity contribution in [3.05, 3.63) is 149 Å². The first-order chi connectivity index (χ1) is 27.3. The number of rotatable bonds is 17. The highest BCUT2D eigenvalue weighted by Gasteiger charge is 2.30. The summed E-state index contributed by atoms with van der Waals surface area (Å²) in [6.45, 7) is 4.31. The molecule has 2 unspecified atom stereocenters. The maximum atomic E-state index is 13.6. The van der Waals surface area contributed by atoms with Crippen molar-refractivity contribution in [3.63, 3.8) is 0 Å². The summed E-state index contributed by atoms with van der Waals surface area (Å²) in [5, 5.41) is 8.84. The van der Waals surface area contributed by atoms with Gasteiger partial charge in [0.05, 0.1) is 20.3 Å². The van der Waals surface area contributed by atoms with E-state index in [2.05, 4.69) is 40.2 Å². The minimum absolute atomic E-state index is 0.0919. The molecule has 0 saturated carbocycles. The zero-order valence-corrected chi connectivity index (χ0v) is 32.3. The molecule has 290 valence electrons. The van der Waals surface area contributed by atoms with Gasteiger partial charge in [-0.15, -0.1) is 0 Å². The molecule has 6 rings (SSSR count). The molecule has 3 N–H and O–H groups in total. The van der Waals surface area contributed by atoms with Crippen molar-refractivity contribution in [2.45, 2.75) is 57.7 Å². The van der Waals surface area contributed by atoms with Crippen LogP contribution in [0.3, 0.4) is 0 Å². The Morgan fingerprint density at radius 2 is 1.41 bits per heavy atom. The van der Waals surface area contributed by atoms with E-state index in [1.807, 2.05) is 80.6 Å². The van der Waals surface area contributed by atoms with Gasteiger partial charge in [0.2, 0.25) is 5.91 Å². The van der Waals surface area contributed by atoms with E-state index in [1.165, 1.54) is 0 Å². The van der Waals surface area contributed by atoms with Crippen molar-refractivity contribution in [2.24, 2.45) is 0 Å². The number of amides is 3. The third-order valence-electron chi connectivity index (χ3n) is 10.0. The molecule has 1 aliphatic carbocycles. The third kappa shape index (κ3) is 9.68. The summed E-state index contributed by atoms with van der Waals surface area (Å²) in [6, 6.07) is 35.5. The topological polar surface area (TPSA) is 124 Å². The monoisotopic (exact) mass is 755 g/mol. The Labute approximate surface area is 328 Å². The van der Waals surface area contributed by atoms with Crippen LogP contribution in [0.1, 0.15) is 71.5 Å². The normalized spacial score (nSPS) is 12.7. The molecule has 5 aromatic carbocycles. The molecule has 1 aliphatic rings. The van der Waals surface area contributed by atoms with Gasteiger partial charge >= 0.3 is 6.09 Å². The molecule has 2 atom stereocenters. The van der Waals surface area contributed by atoms with Gasteiger partial charge in [-0.05, 0) is 71.0 Å². The lowest BCUT2D eigenvalue weighted by atomic mass is 9.97. The zero-order valence-electron chi connectivity index (χ0n) is 32.3. The van der Waals surface area contributed by atoms with Crippen LogP contribution in [-0.2, 0) is 20.9 Å². The van der Waals surface area contributed by atoms with E-state index < -0.39 is 24.1 Å². The first-order valence-electron chi connectivity index (χ1n) is 19.0. The van der Waals surface area contributed by atoms with Gasteiger partial charge in [0.25, 0.3) is 5.91 Å². The Bertz CT molecular complexity index is 2070. The number of fused-ring (bicyclic) bond motifs is 3. The predicted octanol–water partition coefficient (Wildman–Crippen LogP) is 8.01. The Hall–Kier alpha value is -6.29. The summed E-state index contributed by atoms with van der Waals surface area (Å²) in [5.41, 5.74) is 8.08. The molecule has 10 nitrogen and oxygen atoms in total. The molecule has 0 radical (unpaired) electrons. The lowest BCUT2D eigenvalue weighted by Gasteiger charge is -2.23. The molecule has 0 aliphatic heterocycles. The van der Waals surface area contributed by atoms with E-state index in [4.69, 9.17) is 18.9 Å². The van der Waals surface area contributed by atoms with Crippen LogP contribution in [0.15, 0.2) is 115 Å². The molecule has 0 heterocycles. The van der Waals surface area contributed by atoms with Crippen molar-refractivity contribution >= 4 is 17.9 Å². The van der Waals surface area contributed by atoms with Crippen LogP contribution in [0, 0.1) is 6.92 Å². The highest BCUT2D eigenvalue weighted by molar-refractivity contribution is 5.88. The maximum absolute atomic E-state index is 13.6. The SMILES string of the molecule is CCCCC(NC(=O)COc1ccc(C(NC(=O)OCC2c3ccccc3-c3ccccc32)c2ccc(OC)cc2OC)cc1)C(=O)NCc1ccc(C)cc1. The van der Waals surface area contributed by atoms with Crippen LogP contribution >= 0.6 is 0 Å². The lowest BCUT2D eigenvalue weighted by Crippen LogP contribution is -2.47. The number of benzene rings is 5. The zero-order chi connectivity index (χ0) is 39.4. The number of nitrogens with one attached hydrogen (secondary N) is 3. The average Bonchev–Trinajstić information content (AvgIpc) is 3.55. The Kier molecular flexibility index (Phi) is 13.3. The quantitative estimate of drug-likeness (QED) is 0.0879. The summed E-state index contributed by atoms with van der Waals surface area (Å²) < 4.78 is 22.9. The fourth-order valence-corrected chi connectivity index (χ4v) is 6.99. The highest BCUT2D eigenvalue weighted by Crippen LogP contribution is 2.44. The molecule has 5 aromatic rings. The van der Waals surface area contributed by atoms with Gasteiger partial charge < -0.3 is 34.9 Å². The fraction of sp³-hybridized carbons (Fsp3) is 0.283. The van der Waals surface area contributed by atoms with Gasteiger partial charge in [-0.1, -0.05) is 110 Å². The number of unbranched alkanes of at least 4 members (excludes halogenated alkanes) is 1. The van der Waals surface area contributed by atoms with Gasteiger partial charge in [0.1, 0.15) is 29.9 Å². The number of aryl methyl sites for hydroxylation is 1. The van der Waals surface area contributed by atoms with Crippen LogP contribution in [-0.4, -0.2) is 51.4 Å². The largest absolute Gasteiger partial charge is 0.497 e. The van der Waals surface area contributed by atoms with Gasteiger partial charge in [-0.3, -0.25) is 9.59 Å². The van der Waals surface area contributed by atoms with Crippen molar-refractivity contribution < 1.29 is 33.3 Å². The van der Waals surface area contributed by atoms with Gasteiger partial charge in [-0.2, -0.15) is 0 Å². The number of hydrogen-bond donors (Lipinski definition) is 3. The minimum Gasteiger partial charge on any atom is -0.497 e. The van der Waals surface area contributed by atoms with Crippen molar-refractivity contribution in [3.8, 4) is 28.4 Å². The summed E-state index contributed by atoms with van der Waals surface area (Å²) in [6.07, 6.45) is 1.60. The Morgan fingerprint density at radius 1 is 0.750 bits per heavy atom. The molecule has 0 spiro atoms. The number of methoxy groups -OCH3 is 2. The third-order valence-corrected chi connectivity index (χ3v) is 10.0. The van der Waals surface area contributed by atoms with Crippen molar-refractivity contribution in [2.75, 3.05) is 27.4 Å². The lowest BCUT2D eigenvalue weighted by molar-refractivity contribution is -0.130. The first-order valence-corrected chi connectivity index (χ1v) is 19.0. The second-order valence-electron chi connectivity index (χ2n) is 13.8. The van der Waals surface area contributed by atoms with Crippen LogP contribution in [0.4, 0.5) is 4.79 Å². The van der Waals surface area contributed by atoms with Gasteiger partial charge in [0.15, 0.2) is 6.61 Å². The van der Waals surface area contributed by atoms with Crippen LogP contribution < -0.4 is 30.2 Å². The fourth-order valence-electron chi connectivity index (χ4n) is 6.99. The number of alkyl carbamates (subject to hydrolysis) is 1. The smallest absolute Gasteiger partial charge is 0.407 e. The molecule has 0 fully saturated rings. The Balaban J connectivity index is 1.11. The summed E-state index contributed by atoms with van der Waals surface area (Å²) >= 11 is 0.